The van der Waals surface area contributed by atoms with Crippen molar-refractivity contribution < 1.29 is 69.0 Å². The Labute approximate surface area is 429 Å². The minimum atomic E-state index is -1.71. The maximum Gasteiger partial charge on any atom is 0.306 e. The van der Waals surface area contributed by atoms with E-state index in [0.29, 0.717) is 13.0 Å². The lowest BCUT2D eigenvalue weighted by Gasteiger charge is -2.42. The molecule has 14 heteroatoms. The molecule has 0 aromatic carbocycles. The maximum atomic E-state index is 13.1. The van der Waals surface area contributed by atoms with Crippen LogP contribution in [0.2, 0.25) is 0 Å². The van der Waals surface area contributed by atoms with Crippen molar-refractivity contribution in [1.82, 2.24) is 0 Å². The molecule has 0 aromatic heterocycles. The van der Waals surface area contributed by atoms with Gasteiger partial charge in [0.05, 0.1) is 26.4 Å². The van der Waals surface area contributed by atoms with Crippen LogP contribution in [0.5, 0.6) is 0 Å². The molecule has 11 unspecified atom stereocenters. The third-order valence-electron chi connectivity index (χ3n) is 13.6. The lowest BCUT2D eigenvalue weighted by atomic mass is 9.98. The molecule has 11 atom stereocenters. The standard InChI is InChI=1S/C57H104O14/c1-3-5-7-9-11-13-15-17-19-21-23-25-27-29-31-33-35-37-39-41-66-43-46(69-49(59)40-38-36-34-32-30-28-26-24-22-20-18-16-14-12-10-8-6-4-2)44-67-56-55(65)53(63)51(61)48(71-56)45-68-57-54(64)52(62)50(60)47(42-58)70-57/h14,16,19-22,46-48,50-58,60-65H,3-13,15,17-18,23-45H2,1-2H3/b16-14-,21-19-,22-20-. The summed E-state index contributed by atoms with van der Waals surface area (Å²) in [4.78, 5) is 13.1. The van der Waals surface area contributed by atoms with Gasteiger partial charge < -0.3 is 64.2 Å². The average Bonchev–Trinajstić information content (AvgIpc) is 3.37. The van der Waals surface area contributed by atoms with Crippen molar-refractivity contribution in [3.05, 3.63) is 36.5 Å². The molecule has 0 spiro atoms. The van der Waals surface area contributed by atoms with Gasteiger partial charge in [-0.15, -0.1) is 0 Å². The average molecular weight is 1010 g/mol. The predicted molar refractivity (Wildman–Crippen MR) is 280 cm³/mol. The number of hydrogen-bond donors (Lipinski definition) is 7. The highest BCUT2D eigenvalue weighted by Gasteiger charge is 2.47. The van der Waals surface area contributed by atoms with E-state index in [9.17, 15) is 40.5 Å². The first kappa shape index (κ1) is 65.3. The van der Waals surface area contributed by atoms with E-state index in [0.717, 1.165) is 51.4 Å². The predicted octanol–water partition coefficient (Wildman–Crippen LogP) is 9.75. The second kappa shape index (κ2) is 44.5. The molecule has 2 aliphatic rings. The molecule has 2 fully saturated rings. The highest BCUT2D eigenvalue weighted by molar-refractivity contribution is 5.69. The van der Waals surface area contributed by atoms with Crippen molar-refractivity contribution in [2.24, 2.45) is 0 Å². The molecule has 0 aliphatic carbocycles. The normalized spacial score (nSPS) is 25.5. The molecule has 0 radical (unpaired) electrons. The van der Waals surface area contributed by atoms with Crippen molar-refractivity contribution in [3.63, 3.8) is 0 Å². The summed E-state index contributed by atoms with van der Waals surface area (Å²) in [6.45, 7) is 3.68. The molecule has 14 nitrogen and oxygen atoms in total. The Hall–Kier alpha value is -1.79. The van der Waals surface area contributed by atoms with E-state index in [4.69, 9.17) is 28.4 Å². The van der Waals surface area contributed by atoms with Gasteiger partial charge in [0.25, 0.3) is 0 Å². The zero-order valence-corrected chi connectivity index (χ0v) is 44.5. The largest absolute Gasteiger partial charge is 0.457 e. The smallest absolute Gasteiger partial charge is 0.306 e. The Kier molecular flexibility index (Phi) is 40.9. The lowest BCUT2D eigenvalue weighted by Crippen LogP contribution is -2.61. The SMILES string of the molecule is CCCCCC/C=C\C/C=C\CCCCCCCCCC(=O)OC(COCCCCCCCCCC/C=C\CCCCCCCCC)COC1OC(COC2OC(CO)C(O)C(O)C2O)C(O)C(O)C1O. The van der Waals surface area contributed by atoms with Crippen LogP contribution in [0.1, 0.15) is 219 Å². The Morgan fingerprint density at radius 2 is 0.873 bits per heavy atom. The molecular formula is C57H104O14. The summed E-state index contributed by atoms with van der Waals surface area (Å²) in [5.41, 5.74) is 0. The molecule has 0 amide bonds. The van der Waals surface area contributed by atoms with Crippen LogP contribution in [0.25, 0.3) is 0 Å². The summed E-state index contributed by atoms with van der Waals surface area (Å²) in [5, 5.41) is 72.3. The van der Waals surface area contributed by atoms with Crippen LogP contribution in [-0.2, 0) is 33.2 Å². The molecule has 0 aromatic rings. The quantitative estimate of drug-likeness (QED) is 0.0172. The summed E-state index contributed by atoms with van der Waals surface area (Å²) in [6.07, 6.45) is 34.8. The van der Waals surface area contributed by atoms with Gasteiger partial charge >= 0.3 is 5.97 Å². The molecule has 0 bridgehead atoms. The summed E-state index contributed by atoms with van der Waals surface area (Å²) >= 11 is 0. The molecule has 2 heterocycles. The summed E-state index contributed by atoms with van der Waals surface area (Å²) in [5.74, 6) is -0.383. The second-order valence-electron chi connectivity index (χ2n) is 20.1. The highest BCUT2D eigenvalue weighted by Crippen LogP contribution is 2.26. The topological polar surface area (TPSA) is 214 Å². The van der Waals surface area contributed by atoms with Crippen molar-refractivity contribution in [3.8, 4) is 0 Å². The number of rotatable bonds is 46. The number of aliphatic hydroxyl groups is 7. The monoisotopic (exact) mass is 1010 g/mol. The van der Waals surface area contributed by atoms with Crippen molar-refractivity contribution in [2.45, 2.75) is 287 Å². The highest BCUT2D eigenvalue weighted by atomic mass is 16.7. The number of aliphatic hydroxyl groups excluding tert-OH is 7. The summed E-state index contributed by atoms with van der Waals surface area (Å²) in [6, 6.07) is 0. The molecule has 2 aliphatic heterocycles. The minimum absolute atomic E-state index is 0.0574. The van der Waals surface area contributed by atoms with Gasteiger partial charge in [-0.05, 0) is 70.6 Å². The number of carbonyl (C=O) groups excluding carboxylic acids is 1. The molecule has 7 N–H and O–H groups in total. The van der Waals surface area contributed by atoms with Gasteiger partial charge in [-0.1, -0.05) is 179 Å². The summed E-state index contributed by atoms with van der Waals surface area (Å²) in [7, 11) is 0. The van der Waals surface area contributed by atoms with Crippen LogP contribution < -0.4 is 0 Å². The van der Waals surface area contributed by atoms with E-state index in [1.54, 1.807) is 0 Å². The van der Waals surface area contributed by atoms with Crippen LogP contribution in [-0.4, -0.2) is 142 Å². The van der Waals surface area contributed by atoms with Gasteiger partial charge in [0.1, 0.15) is 54.9 Å². The number of ether oxygens (including phenoxy) is 6. The fraction of sp³-hybridized carbons (Fsp3) is 0.877. The van der Waals surface area contributed by atoms with Gasteiger partial charge in [0.15, 0.2) is 12.6 Å². The van der Waals surface area contributed by atoms with Crippen LogP contribution in [0.15, 0.2) is 36.5 Å². The van der Waals surface area contributed by atoms with E-state index in [2.05, 4.69) is 50.3 Å². The van der Waals surface area contributed by atoms with E-state index in [1.807, 2.05) is 0 Å². The van der Waals surface area contributed by atoms with Crippen LogP contribution in [0, 0.1) is 0 Å². The molecule has 416 valence electrons. The van der Waals surface area contributed by atoms with Gasteiger partial charge in [-0.2, -0.15) is 0 Å². The van der Waals surface area contributed by atoms with E-state index in [-0.39, 0.29) is 25.6 Å². The minimum Gasteiger partial charge on any atom is -0.457 e. The van der Waals surface area contributed by atoms with E-state index < -0.39 is 80.7 Å². The molecule has 2 rings (SSSR count). The van der Waals surface area contributed by atoms with Crippen LogP contribution in [0.3, 0.4) is 0 Å². The van der Waals surface area contributed by atoms with E-state index in [1.165, 1.54) is 141 Å². The van der Waals surface area contributed by atoms with Gasteiger partial charge in [0.2, 0.25) is 0 Å². The third-order valence-corrected chi connectivity index (χ3v) is 13.6. The van der Waals surface area contributed by atoms with Crippen LogP contribution in [0.4, 0.5) is 0 Å². The Morgan fingerprint density at radius 3 is 1.38 bits per heavy atom. The number of esters is 1. The van der Waals surface area contributed by atoms with Crippen molar-refractivity contribution in [1.29, 1.82) is 0 Å². The van der Waals surface area contributed by atoms with Crippen molar-refractivity contribution in [2.75, 3.05) is 33.0 Å². The number of carbonyl (C=O) groups is 1. The molecule has 0 saturated carbocycles. The fourth-order valence-electron chi connectivity index (χ4n) is 8.96. The number of allylic oxidation sites excluding steroid dienone is 6. The zero-order valence-electron chi connectivity index (χ0n) is 44.5. The first-order valence-corrected chi connectivity index (χ1v) is 28.6. The van der Waals surface area contributed by atoms with Gasteiger partial charge in [-0.3, -0.25) is 4.79 Å². The lowest BCUT2D eigenvalue weighted by molar-refractivity contribution is -0.332. The maximum absolute atomic E-state index is 13.1. The van der Waals surface area contributed by atoms with Gasteiger partial charge in [0, 0.05) is 13.0 Å². The molecular weight excluding hydrogens is 909 g/mol. The second-order valence-corrected chi connectivity index (χ2v) is 20.1. The first-order chi connectivity index (χ1) is 34.6. The first-order valence-electron chi connectivity index (χ1n) is 28.6. The third kappa shape index (κ3) is 31.6. The summed E-state index contributed by atoms with van der Waals surface area (Å²) < 4.78 is 34.4. The fourth-order valence-corrected chi connectivity index (χ4v) is 8.96. The Balaban J connectivity index is 1.73. The number of hydrogen-bond acceptors (Lipinski definition) is 14. The van der Waals surface area contributed by atoms with E-state index >= 15 is 0 Å². The number of unbranched alkanes of at least 4 members (excludes halogenated alkanes) is 26. The molecule has 71 heavy (non-hydrogen) atoms. The Bertz CT molecular complexity index is 1310. The van der Waals surface area contributed by atoms with Gasteiger partial charge in [-0.25, -0.2) is 0 Å². The molecule has 2 saturated heterocycles. The Morgan fingerprint density at radius 1 is 0.465 bits per heavy atom. The van der Waals surface area contributed by atoms with Crippen LogP contribution >= 0.6 is 0 Å². The zero-order chi connectivity index (χ0) is 51.6. The van der Waals surface area contributed by atoms with Crippen molar-refractivity contribution >= 4 is 5.97 Å².